The number of hydrogen-bond donors (Lipinski definition) is 0. The summed E-state index contributed by atoms with van der Waals surface area (Å²) in [6.45, 7) is 8.93. The van der Waals surface area contributed by atoms with Gasteiger partial charge in [0, 0.05) is 18.3 Å². The lowest BCUT2D eigenvalue weighted by molar-refractivity contribution is 0.0785. The molecule has 1 aliphatic heterocycles. The number of hydrogen-bond acceptors (Lipinski definition) is 3. The first-order valence-electron chi connectivity index (χ1n) is 6.20. The molecule has 4 nitrogen and oxygen atoms in total. The first-order valence-corrected chi connectivity index (χ1v) is 6.20. The summed E-state index contributed by atoms with van der Waals surface area (Å²) in [7, 11) is 0. The number of nitrogens with zero attached hydrogens (tertiary/aromatic N) is 4. The van der Waals surface area contributed by atoms with E-state index in [0.717, 1.165) is 19.5 Å². The molecule has 1 atom stereocenters. The van der Waals surface area contributed by atoms with Crippen LogP contribution in [0.1, 0.15) is 45.2 Å². The summed E-state index contributed by atoms with van der Waals surface area (Å²) >= 11 is 0. The van der Waals surface area contributed by atoms with Gasteiger partial charge in [0.2, 0.25) is 0 Å². The maximum Gasteiger partial charge on any atom is 0.102 e. The Kier molecular flexibility index (Phi) is 3.21. The van der Waals surface area contributed by atoms with Gasteiger partial charge in [0.1, 0.15) is 6.07 Å². The molecule has 0 bridgehead atoms. The Labute approximate surface area is 103 Å². The maximum atomic E-state index is 8.82. The number of aromatic nitrogens is 2. The van der Waals surface area contributed by atoms with E-state index in [1.54, 1.807) is 6.20 Å². The lowest BCUT2D eigenvalue weighted by Gasteiger charge is -2.41. The summed E-state index contributed by atoms with van der Waals surface area (Å²) in [6.07, 6.45) is 5.86. The number of piperidine rings is 1. The molecular weight excluding hydrogens is 212 g/mol. The van der Waals surface area contributed by atoms with Crippen molar-refractivity contribution in [2.24, 2.45) is 0 Å². The van der Waals surface area contributed by atoms with Crippen LogP contribution in [-0.4, -0.2) is 33.3 Å². The molecule has 92 valence electrons. The van der Waals surface area contributed by atoms with Gasteiger partial charge < -0.3 is 0 Å². The predicted molar refractivity (Wildman–Crippen MR) is 66.5 cm³/mol. The Morgan fingerprint density at radius 2 is 2.24 bits per heavy atom. The van der Waals surface area contributed by atoms with Crippen molar-refractivity contribution in [2.75, 3.05) is 13.1 Å². The van der Waals surface area contributed by atoms with Gasteiger partial charge in [-0.05, 0) is 40.2 Å². The van der Waals surface area contributed by atoms with Crippen molar-refractivity contribution >= 4 is 0 Å². The van der Waals surface area contributed by atoms with Crippen LogP contribution in [0.5, 0.6) is 0 Å². The normalized spacial score (nSPS) is 22.4. The second kappa shape index (κ2) is 4.50. The highest BCUT2D eigenvalue weighted by molar-refractivity contribution is 5.21. The van der Waals surface area contributed by atoms with Gasteiger partial charge in [-0.25, -0.2) is 0 Å². The van der Waals surface area contributed by atoms with Crippen molar-refractivity contribution in [1.82, 2.24) is 14.7 Å². The average molecular weight is 232 g/mol. The van der Waals surface area contributed by atoms with Crippen molar-refractivity contribution < 1.29 is 0 Å². The maximum absolute atomic E-state index is 8.82. The Hall–Kier alpha value is -1.34. The monoisotopic (exact) mass is 232 g/mol. The van der Waals surface area contributed by atoms with E-state index in [-0.39, 0.29) is 5.54 Å². The van der Waals surface area contributed by atoms with E-state index in [4.69, 9.17) is 5.26 Å². The SMILES string of the molecule is CC(C)(C)N1CCCC(n2cc(C#N)cn2)C1. The highest BCUT2D eigenvalue weighted by Crippen LogP contribution is 2.26. The second-order valence-electron chi connectivity index (χ2n) is 5.73. The molecular formula is C13H20N4. The van der Waals surface area contributed by atoms with Crippen LogP contribution < -0.4 is 0 Å². The average Bonchev–Trinajstić information content (AvgIpc) is 2.76. The van der Waals surface area contributed by atoms with E-state index >= 15 is 0 Å². The van der Waals surface area contributed by atoms with Crippen LogP contribution in [0.2, 0.25) is 0 Å². The van der Waals surface area contributed by atoms with Gasteiger partial charge in [0.15, 0.2) is 0 Å². The Morgan fingerprint density at radius 3 is 2.82 bits per heavy atom. The summed E-state index contributed by atoms with van der Waals surface area (Å²) in [5, 5.41) is 13.1. The van der Waals surface area contributed by atoms with Gasteiger partial charge in [-0.2, -0.15) is 10.4 Å². The van der Waals surface area contributed by atoms with Crippen LogP contribution in [0.15, 0.2) is 12.4 Å². The van der Waals surface area contributed by atoms with Crippen molar-refractivity contribution in [3.05, 3.63) is 18.0 Å². The fourth-order valence-electron chi connectivity index (χ4n) is 2.38. The molecule has 1 aliphatic rings. The minimum atomic E-state index is 0.212. The molecule has 2 heterocycles. The summed E-state index contributed by atoms with van der Waals surface area (Å²) in [6, 6.07) is 2.54. The lowest BCUT2D eigenvalue weighted by atomic mass is 9.98. The molecule has 1 saturated heterocycles. The molecule has 0 N–H and O–H groups in total. The van der Waals surface area contributed by atoms with E-state index in [0.29, 0.717) is 11.6 Å². The quantitative estimate of drug-likeness (QED) is 0.745. The van der Waals surface area contributed by atoms with Crippen molar-refractivity contribution in [3.8, 4) is 6.07 Å². The predicted octanol–water partition coefficient (Wildman–Crippen LogP) is 2.19. The summed E-state index contributed by atoms with van der Waals surface area (Å²) in [5.41, 5.74) is 0.863. The van der Waals surface area contributed by atoms with Crippen molar-refractivity contribution in [2.45, 2.75) is 45.2 Å². The van der Waals surface area contributed by atoms with Crippen LogP contribution in [-0.2, 0) is 0 Å². The van der Waals surface area contributed by atoms with Gasteiger partial charge in [-0.15, -0.1) is 0 Å². The molecule has 1 aromatic heterocycles. The van der Waals surface area contributed by atoms with Crippen LogP contribution in [0, 0.1) is 11.3 Å². The van der Waals surface area contributed by atoms with E-state index in [9.17, 15) is 0 Å². The third kappa shape index (κ3) is 2.67. The number of likely N-dealkylation sites (tertiary alicyclic amines) is 1. The number of nitriles is 1. The van der Waals surface area contributed by atoms with E-state index < -0.39 is 0 Å². The zero-order valence-electron chi connectivity index (χ0n) is 10.8. The van der Waals surface area contributed by atoms with Crippen LogP contribution in [0.3, 0.4) is 0 Å². The van der Waals surface area contributed by atoms with Gasteiger partial charge in [-0.1, -0.05) is 0 Å². The van der Waals surface area contributed by atoms with Gasteiger partial charge in [0.25, 0.3) is 0 Å². The molecule has 0 radical (unpaired) electrons. The van der Waals surface area contributed by atoms with Gasteiger partial charge >= 0.3 is 0 Å². The fraction of sp³-hybridized carbons (Fsp3) is 0.692. The molecule has 4 heteroatoms. The lowest BCUT2D eigenvalue weighted by Crippen LogP contribution is -2.47. The molecule has 2 rings (SSSR count). The molecule has 0 aromatic carbocycles. The zero-order chi connectivity index (χ0) is 12.5. The van der Waals surface area contributed by atoms with E-state index in [1.165, 1.54) is 6.42 Å². The van der Waals surface area contributed by atoms with Crippen LogP contribution in [0.4, 0.5) is 0 Å². The molecule has 17 heavy (non-hydrogen) atoms. The Balaban J connectivity index is 2.10. The minimum Gasteiger partial charge on any atom is -0.296 e. The highest BCUT2D eigenvalue weighted by Gasteiger charge is 2.28. The molecule has 0 amide bonds. The molecule has 0 spiro atoms. The largest absolute Gasteiger partial charge is 0.296 e. The summed E-state index contributed by atoms with van der Waals surface area (Å²) in [5.74, 6) is 0. The summed E-state index contributed by atoms with van der Waals surface area (Å²) in [4.78, 5) is 2.49. The third-order valence-corrected chi connectivity index (χ3v) is 3.45. The smallest absolute Gasteiger partial charge is 0.102 e. The fourth-order valence-corrected chi connectivity index (χ4v) is 2.38. The zero-order valence-corrected chi connectivity index (χ0v) is 10.8. The molecule has 1 aromatic rings. The van der Waals surface area contributed by atoms with E-state index in [1.807, 2.05) is 10.9 Å². The summed E-state index contributed by atoms with van der Waals surface area (Å²) < 4.78 is 1.95. The van der Waals surface area contributed by atoms with Crippen molar-refractivity contribution in [3.63, 3.8) is 0 Å². The third-order valence-electron chi connectivity index (χ3n) is 3.45. The Morgan fingerprint density at radius 1 is 1.47 bits per heavy atom. The molecule has 0 saturated carbocycles. The molecule has 1 unspecified atom stereocenters. The standard InChI is InChI=1S/C13H20N4/c1-13(2,3)16-6-4-5-12(10-16)17-9-11(7-14)8-15-17/h8-9,12H,4-6,10H2,1-3H3. The number of rotatable bonds is 1. The van der Waals surface area contributed by atoms with Gasteiger partial charge in [0.05, 0.1) is 17.8 Å². The molecule has 1 fully saturated rings. The minimum absolute atomic E-state index is 0.212. The van der Waals surface area contributed by atoms with Crippen molar-refractivity contribution in [1.29, 1.82) is 5.26 Å². The Bertz CT molecular complexity index is 421. The van der Waals surface area contributed by atoms with Crippen LogP contribution in [0.25, 0.3) is 0 Å². The topological polar surface area (TPSA) is 44.9 Å². The van der Waals surface area contributed by atoms with E-state index in [2.05, 4.69) is 36.8 Å². The first-order chi connectivity index (χ1) is 8.00. The second-order valence-corrected chi connectivity index (χ2v) is 5.73. The van der Waals surface area contributed by atoms with Crippen LogP contribution >= 0.6 is 0 Å². The highest BCUT2D eigenvalue weighted by atomic mass is 15.3. The first kappa shape index (κ1) is 12.1. The molecule has 0 aliphatic carbocycles. The van der Waals surface area contributed by atoms with Gasteiger partial charge in [-0.3, -0.25) is 9.58 Å².